The van der Waals surface area contributed by atoms with Crippen molar-refractivity contribution in [2.24, 2.45) is 0 Å². The van der Waals surface area contributed by atoms with Crippen LogP contribution in [0.2, 0.25) is 0 Å². The van der Waals surface area contributed by atoms with Crippen molar-refractivity contribution in [3.63, 3.8) is 0 Å². The fourth-order valence-corrected chi connectivity index (χ4v) is 2.65. The van der Waals surface area contributed by atoms with Crippen molar-refractivity contribution in [1.29, 1.82) is 0 Å². The Bertz CT molecular complexity index is 818. The van der Waals surface area contributed by atoms with E-state index in [-0.39, 0.29) is 5.91 Å². The number of hydrogen-bond donors (Lipinski definition) is 2. The predicted molar refractivity (Wildman–Crippen MR) is 94.5 cm³/mol. The molecule has 3 rings (SSSR count). The molecule has 3 aromatic rings. The largest absolute Gasteiger partial charge is 0.388 e. The number of hydrogen-bond acceptors (Lipinski definition) is 3. The van der Waals surface area contributed by atoms with Crippen LogP contribution in [-0.4, -0.2) is 22.5 Å². The molecule has 0 aliphatic carbocycles. The highest BCUT2D eigenvalue weighted by Gasteiger charge is 2.09. The van der Waals surface area contributed by atoms with Gasteiger partial charge >= 0.3 is 0 Å². The number of aliphatic hydroxyl groups excluding tert-OH is 1. The molecular weight excluding hydrogens is 300 g/mol. The second-order valence-electron chi connectivity index (χ2n) is 5.78. The maximum atomic E-state index is 12.0. The molecule has 24 heavy (non-hydrogen) atoms. The van der Waals surface area contributed by atoms with Crippen LogP contribution in [0.3, 0.4) is 0 Å². The molecule has 1 amide bonds. The zero-order chi connectivity index (χ0) is 16.8. The minimum atomic E-state index is -0.561. The number of rotatable bonds is 6. The van der Waals surface area contributed by atoms with Crippen LogP contribution < -0.4 is 5.32 Å². The number of fused-ring (bicyclic) bond motifs is 1. The van der Waals surface area contributed by atoms with Gasteiger partial charge in [-0.2, -0.15) is 0 Å². The second kappa shape index (κ2) is 7.70. The number of nitrogens with zero attached hydrogens (tertiary/aromatic N) is 1. The molecule has 1 aromatic heterocycles. The van der Waals surface area contributed by atoms with Gasteiger partial charge in [-0.3, -0.25) is 9.78 Å². The maximum absolute atomic E-state index is 12.0. The van der Waals surface area contributed by atoms with E-state index in [0.29, 0.717) is 19.4 Å². The minimum absolute atomic E-state index is 0.0626. The molecule has 1 heterocycles. The van der Waals surface area contributed by atoms with Crippen LogP contribution in [0.15, 0.2) is 66.9 Å². The Hall–Kier alpha value is -2.72. The number of carbonyl (C=O) groups is 1. The maximum Gasteiger partial charge on any atom is 0.224 e. The standard InChI is InChI=1S/C20H20N2O2/c23-19(16-6-2-1-3-7-16)10-11-21-20(24)13-15-12-17-8-4-5-9-18(17)22-14-15/h1-9,12,14,19,23H,10-11,13H2,(H,21,24). The summed E-state index contributed by atoms with van der Waals surface area (Å²) < 4.78 is 0. The molecule has 0 fully saturated rings. The molecular formula is C20H20N2O2. The smallest absolute Gasteiger partial charge is 0.224 e. The van der Waals surface area contributed by atoms with Crippen molar-refractivity contribution in [3.05, 3.63) is 78.0 Å². The number of pyridine rings is 1. The van der Waals surface area contributed by atoms with E-state index in [9.17, 15) is 9.90 Å². The summed E-state index contributed by atoms with van der Waals surface area (Å²) in [7, 11) is 0. The van der Waals surface area contributed by atoms with Crippen LogP contribution in [0.4, 0.5) is 0 Å². The Morgan fingerprint density at radius 1 is 1.08 bits per heavy atom. The third-order valence-corrected chi connectivity index (χ3v) is 3.94. The molecule has 0 aliphatic rings. The van der Waals surface area contributed by atoms with Crippen LogP contribution in [0.25, 0.3) is 10.9 Å². The highest BCUT2D eigenvalue weighted by molar-refractivity contribution is 5.82. The Morgan fingerprint density at radius 2 is 1.83 bits per heavy atom. The fourth-order valence-electron chi connectivity index (χ4n) is 2.65. The lowest BCUT2D eigenvalue weighted by Crippen LogP contribution is -2.27. The topological polar surface area (TPSA) is 62.2 Å². The van der Waals surface area contributed by atoms with E-state index in [1.807, 2.05) is 60.7 Å². The van der Waals surface area contributed by atoms with Crippen molar-refractivity contribution < 1.29 is 9.90 Å². The fraction of sp³-hybridized carbons (Fsp3) is 0.200. The second-order valence-corrected chi connectivity index (χ2v) is 5.78. The van der Waals surface area contributed by atoms with Gasteiger partial charge in [0.15, 0.2) is 0 Å². The van der Waals surface area contributed by atoms with Gasteiger partial charge in [0, 0.05) is 18.1 Å². The normalized spacial score (nSPS) is 12.0. The molecule has 2 aromatic carbocycles. The molecule has 0 saturated heterocycles. The van der Waals surface area contributed by atoms with E-state index in [0.717, 1.165) is 22.0 Å². The summed E-state index contributed by atoms with van der Waals surface area (Å²) in [5.74, 6) is -0.0626. The molecule has 0 spiro atoms. The molecule has 1 unspecified atom stereocenters. The Labute approximate surface area is 141 Å². The number of amides is 1. The van der Waals surface area contributed by atoms with Crippen LogP contribution in [-0.2, 0) is 11.2 Å². The lowest BCUT2D eigenvalue weighted by atomic mass is 10.1. The zero-order valence-electron chi connectivity index (χ0n) is 13.4. The Kier molecular flexibility index (Phi) is 5.18. The number of para-hydroxylation sites is 1. The number of carbonyl (C=O) groups excluding carboxylic acids is 1. The van der Waals surface area contributed by atoms with E-state index >= 15 is 0 Å². The summed E-state index contributed by atoms with van der Waals surface area (Å²) >= 11 is 0. The molecule has 0 bridgehead atoms. The van der Waals surface area contributed by atoms with Crippen molar-refractivity contribution in [3.8, 4) is 0 Å². The Morgan fingerprint density at radius 3 is 2.67 bits per heavy atom. The SMILES string of the molecule is O=C(Cc1cnc2ccccc2c1)NCCC(O)c1ccccc1. The van der Waals surface area contributed by atoms with Crippen molar-refractivity contribution in [2.45, 2.75) is 18.9 Å². The Balaban J connectivity index is 1.50. The van der Waals surface area contributed by atoms with Crippen LogP contribution in [0.1, 0.15) is 23.7 Å². The third-order valence-electron chi connectivity index (χ3n) is 3.94. The first-order chi connectivity index (χ1) is 11.7. The van der Waals surface area contributed by atoms with Gasteiger partial charge < -0.3 is 10.4 Å². The van der Waals surface area contributed by atoms with Gasteiger partial charge in [0.2, 0.25) is 5.91 Å². The molecule has 1 atom stereocenters. The summed E-state index contributed by atoms with van der Waals surface area (Å²) in [6.45, 7) is 0.440. The highest BCUT2D eigenvalue weighted by atomic mass is 16.3. The van der Waals surface area contributed by atoms with Crippen molar-refractivity contribution in [2.75, 3.05) is 6.54 Å². The van der Waals surface area contributed by atoms with Gasteiger partial charge in [0.25, 0.3) is 0 Å². The number of aliphatic hydroxyl groups is 1. The average molecular weight is 320 g/mol. The summed E-state index contributed by atoms with van der Waals surface area (Å²) in [5.41, 5.74) is 2.67. The quantitative estimate of drug-likeness (QED) is 0.734. The van der Waals surface area contributed by atoms with Crippen LogP contribution >= 0.6 is 0 Å². The van der Waals surface area contributed by atoms with Gasteiger partial charge in [-0.05, 0) is 29.7 Å². The number of aromatic nitrogens is 1. The van der Waals surface area contributed by atoms with Gasteiger partial charge in [0.05, 0.1) is 18.0 Å². The van der Waals surface area contributed by atoms with E-state index in [1.54, 1.807) is 6.20 Å². The number of nitrogens with one attached hydrogen (secondary N) is 1. The number of benzene rings is 2. The average Bonchev–Trinajstić information content (AvgIpc) is 2.62. The predicted octanol–water partition coefficient (Wildman–Crippen LogP) is 3.02. The lowest BCUT2D eigenvalue weighted by Gasteiger charge is -2.11. The molecule has 2 N–H and O–H groups in total. The summed E-state index contributed by atoms with van der Waals surface area (Å²) in [4.78, 5) is 16.4. The molecule has 0 radical (unpaired) electrons. The molecule has 4 nitrogen and oxygen atoms in total. The monoisotopic (exact) mass is 320 g/mol. The zero-order valence-corrected chi connectivity index (χ0v) is 13.4. The van der Waals surface area contributed by atoms with Gasteiger partial charge in [0.1, 0.15) is 0 Å². The van der Waals surface area contributed by atoms with Gasteiger partial charge in [-0.25, -0.2) is 0 Å². The molecule has 4 heteroatoms. The molecule has 122 valence electrons. The first-order valence-corrected chi connectivity index (χ1v) is 8.06. The molecule has 0 aliphatic heterocycles. The first-order valence-electron chi connectivity index (χ1n) is 8.06. The third kappa shape index (κ3) is 4.18. The van der Waals surface area contributed by atoms with E-state index < -0.39 is 6.10 Å². The van der Waals surface area contributed by atoms with Crippen LogP contribution in [0, 0.1) is 0 Å². The molecule has 0 saturated carbocycles. The summed E-state index contributed by atoms with van der Waals surface area (Å²) in [6.07, 6.45) is 1.96. The van der Waals surface area contributed by atoms with E-state index in [1.165, 1.54) is 0 Å². The highest BCUT2D eigenvalue weighted by Crippen LogP contribution is 2.15. The van der Waals surface area contributed by atoms with Crippen LogP contribution in [0.5, 0.6) is 0 Å². The van der Waals surface area contributed by atoms with Crippen molar-refractivity contribution >= 4 is 16.8 Å². The van der Waals surface area contributed by atoms with E-state index in [2.05, 4.69) is 10.3 Å². The minimum Gasteiger partial charge on any atom is -0.388 e. The lowest BCUT2D eigenvalue weighted by molar-refractivity contribution is -0.120. The summed E-state index contributed by atoms with van der Waals surface area (Å²) in [5, 5.41) is 14.0. The van der Waals surface area contributed by atoms with Gasteiger partial charge in [-0.1, -0.05) is 48.5 Å². The van der Waals surface area contributed by atoms with Crippen molar-refractivity contribution in [1.82, 2.24) is 10.3 Å². The summed E-state index contributed by atoms with van der Waals surface area (Å²) in [6, 6.07) is 19.3. The van der Waals surface area contributed by atoms with E-state index in [4.69, 9.17) is 0 Å². The van der Waals surface area contributed by atoms with Gasteiger partial charge in [-0.15, -0.1) is 0 Å². The first kappa shape index (κ1) is 16.1.